The molecule has 4 aromatic rings. The fourth-order valence-electron chi connectivity index (χ4n) is 4.16. The van der Waals surface area contributed by atoms with Gasteiger partial charge in [0.2, 0.25) is 9.84 Å². The second-order valence-corrected chi connectivity index (χ2v) is 14.6. The van der Waals surface area contributed by atoms with E-state index in [9.17, 15) is 23.3 Å². The fourth-order valence-corrected chi connectivity index (χ4v) is 7.48. The number of carbonyl (C=O) groups excluding carboxylic acids is 1. The van der Waals surface area contributed by atoms with Crippen LogP contribution in [-0.4, -0.2) is 26.5 Å². The highest BCUT2D eigenvalue weighted by atomic mass is 35.5. The second kappa shape index (κ2) is 17.5. The van der Waals surface area contributed by atoms with Crippen molar-refractivity contribution < 1.29 is 22.9 Å². The Morgan fingerprint density at radius 2 is 1.34 bits per heavy atom. The first-order chi connectivity index (χ1) is 22.1. The van der Waals surface area contributed by atoms with Crippen LogP contribution in [-0.2, 0) is 22.7 Å². The number of aryl methyl sites for hydroxylation is 1. The largest absolute Gasteiger partial charge is 0.412 e. The first-order valence-electron chi connectivity index (χ1n) is 13.2. The van der Waals surface area contributed by atoms with Crippen molar-refractivity contribution in [2.24, 2.45) is 0 Å². The minimum absolute atomic E-state index is 0.00256. The van der Waals surface area contributed by atoms with Crippen molar-refractivity contribution in [3.05, 3.63) is 122 Å². The molecule has 0 saturated carbocycles. The van der Waals surface area contributed by atoms with E-state index < -0.39 is 26.5 Å². The maximum atomic E-state index is 12.4. The Bertz CT molecular complexity index is 1880. The van der Waals surface area contributed by atoms with Crippen LogP contribution < -0.4 is 10.1 Å². The number of benzene rings is 4. The van der Waals surface area contributed by atoms with Gasteiger partial charge in [-0.15, -0.1) is 0 Å². The predicted octanol–water partition coefficient (Wildman–Crippen LogP) is 11.6. The monoisotopic (exact) mass is 818 g/mol. The maximum absolute atomic E-state index is 12.4. The van der Waals surface area contributed by atoms with Crippen LogP contribution in [0, 0.1) is 10.1 Å². The Labute approximate surface area is 310 Å². The number of rotatable bonds is 4. The van der Waals surface area contributed by atoms with Gasteiger partial charge in [-0.3, -0.25) is 10.1 Å². The van der Waals surface area contributed by atoms with Crippen LogP contribution in [0.1, 0.15) is 24.0 Å². The molecule has 8 nitrogen and oxygen atoms in total. The molecule has 0 aliphatic heterocycles. The summed E-state index contributed by atoms with van der Waals surface area (Å²) in [5, 5.41) is 13.3. The van der Waals surface area contributed by atoms with Crippen LogP contribution in [0.5, 0.6) is 5.75 Å². The molecule has 0 fully saturated rings. The Morgan fingerprint density at radius 3 is 1.91 bits per heavy atom. The number of ether oxygens (including phenoxy) is 1. The molecule has 0 radical (unpaired) electrons. The van der Waals surface area contributed by atoms with Crippen molar-refractivity contribution in [2.75, 3.05) is 7.05 Å². The van der Waals surface area contributed by atoms with E-state index in [-0.39, 0.29) is 44.9 Å². The summed E-state index contributed by atoms with van der Waals surface area (Å²) >= 11 is 45.5. The third-order valence-electron chi connectivity index (χ3n) is 6.42. The van der Waals surface area contributed by atoms with Crippen molar-refractivity contribution in [1.82, 2.24) is 5.32 Å². The summed E-state index contributed by atoms with van der Waals surface area (Å²) in [7, 11) is -2.19. The van der Waals surface area contributed by atoms with E-state index in [1.807, 2.05) is 12.1 Å². The van der Waals surface area contributed by atoms with Crippen LogP contribution in [0.25, 0.3) is 0 Å². The lowest BCUT2D eigenvalue weighted by molar-refractivity contribution is -0.384. The number of sulfone groups is 1. The summed E-state index contributed by atoms with van der Waals surface area (Å²) in [5.41, 5.74) is 2.05. The summed E-state index contributed by atoms with van der Waals surface area (Å²) in [6, 6.07) is 15.5. The molecule has 0 spiro atoms. The Hall–Kier alpha value is -2.18. The molecule has 0 unspecified atom stereocenters. The maximum Gasteiger partial charge on any atom is 0.412 e. The molecular weight excluding hydrogens is 800 g/mol. The average Bonchev–Trinajstić information content (AvgIpc) is 3.02. The number of amides is 1. The highest BCUT2D eigenvalue weighted by Gasteiger charge is 2.24. The Morgan fingerprint density at radius 1 is 0.787 bits per heavy atom. The van der Waals surface area contributed by atoms with Crippen molar-refractivity contribution in [2.45, 2.75) is 35.5 Å². The van der Waals surface area contributed by atoms with Gasteiger partial charge in [0.05, 0.1) is 39.8 Å². The number of fused-ring (bicyclic) bond motifs is 1. The molecule has 0 saturated heterocycles. The fraction of sp³-hybridized carbons (Fsp3) is 0.167. The van der Waals surface area contributed by atoms with Gasteiger partial charge in [-0.05, 0) is 85.3 Å². The highest BCUT2D eigenvalue weighted by molar-refractivity contribution is 7.91. The average molecular weight is 822 g/mol. The molecule has 1 aliphatic carbocycles. The Kier molecular flexibility index (Phi) is 14.6. The van der Waals surface area contributed by atoms with Crippen LogP contribution >= 0.6 is 92.8 Å². The van der Waals surface area contributed by atoms with Gasteiger partial charge in [-0.2, -0.15) is 0 Å². The summed E-state index contributed by atoms with van der Waals surface area (Å²) in [4.78, 5) is 20.9. The normalized spacial score (nSPS) is 12.0. The lowest BCUT2D eigenvalue weighted by Crippen LogP contribution is -2.23. The lowest BCUT2D eigenvalue weighted by atomic mass is 9.91. The number of nitrogens with one attached hydrogen (secondary N) is 1. The van der Waals surface area contributed by atoms with Gasteiger partial charge in [-0.25, -0.2) is 13.2 Å². The zero-order valence-corrected chi connectivity index (χ0v) is 30.8. The number of halogens is 8. The lowest BCUT2D eigenvalue weighted by Gasteiger charge is -2.18. The van der Waals surface area contributed by atoms with Crippen LogP contribution in [0.15, 0.2) is 70.5 Å². The summed E-state index contributed by atoms with van der Waals surface area (Å²) in [6.07, 6.45) is 4.13. The molecule has 47 heavy (non-hydrogen) atoms. The molecule has 0 aromatic heterocycles. The summed E-state index contributed by atoms with van der Waals surface area (Å²) in [6.45, 7) is 0. The molecule has 4 aromatic carbocycles. The third-order valence-corrected chi connectivity index (χ3v) is 11.2. The molecule has 1 amide bonds. The van der Waals surface area contributed by atoms with E-state index in [4.69, 9.17) is 97.5 Å². The molecule has 1 aliphatic rings. The van der Waals surface area contributed by atoms with Crippen LogP contribution in [0.4, 0.5) is 10.5 Å². The highest BCUT2D eigenvalue weighted by Crippen LogP contribution is 2.42. The van der Waals surface area contributed by atoms with Crippen LogP contribution in [0.2, 0.25) is 40.2 Å². The molecule has 0 atom stereocenters. The number of hydrogen-bond donors (Lipinski definition) is 1. The number of nitro benzene ring substituents is 1. The van der Waals surface area contributed by atoms with Gasteiger partial charge in [0.25, 0.3) is 0 Å². The van der Waals surface area contributed by atoms with Crippen molar-refractivity contribution in [3.63, 3.8) is 0 Å². The second-order valence-electron chi connectivity index (χ2n) is 9.47. The minimum atomic E-state index is -3.76. The van der Waals surface area contributed by atoms with E-state index in [2.05, 4.69) is 11.4 Å². The first kappa shape index (κ1) is 39.3. The van der Waals surface area contributed by atoms with Gasteiger partial charge in [-0.1, -0.05) is 105 Å². The smallest absolute Gasteiger partial charge is 0.410 e. The minimum Gasteiger partial charge on any atom is -0.410 e. The van der Waals surface area contributed by atoms with Crippen molar-refractivity contribution in [1.29, 1.82) is 0 Å². The van der Waals surface area contributed by atoms with Gasteiger partial charge in [0.15, 0.2) is 0 Å². The molecule has 1 N–H and O–H groups in total. The molecule has 250 valence electrons. The predicted molar refractivity (Wildman–Crippen MR) is 190 cm³/mol. The Balaban J connectivity index is 0.000000196. The molecule has 17 heteroatoms. The van der Waals surface area contributed by atoms with E-state index >= 15 is 0 Å². The number of nitro groups is 1. The number of hydrogen-bond acceptors (Lipinski definition) is 6. The number of nitrogens with zero attached hydrogens (tertiary/aromatic N) is 1. The molecule has 0 heterocycles. The van der Waals surface area contributed by atoms with E-state index in [1.165, 1.54) is 66.4 Å². The van der Waals surface area contributed by atoms with Crippen molar-refractivity contribution in [3.8, 4) is 5.75 Å². The first-order valence-corrected chi connectivity index (χ1v) is 17.7. The summed E-state index contributed by atoms with van der Waals surface area (Å²) in [5.74, 6) is 0.714. The zero-order valence-electron chi connectivity index (χ0n) is 23.9. The molecule has 5 rings (SSSR count). The third kappa shape index (κ3) is 10.2. The quantitative estimate of drug-likeness (QED) is 0.124. The topological polar surface area (TPSA) is 116 Å². The zero-order chi connectivity index (χ0) is 35.1. The molecular formula is C30H22Cl8N2O6S. The van der Waals surface area contributed by atoms with Gasteiger partial charge < -0.3 is 10.1 Å². The van der Waals surface area contributed by atoms with Gasteiger partial charge in [0.1, 0.15) is 15.8 Å². The van der Waals surface area contributed by atoms with Gasteiger partial charge >= 0.3 is 11.8 Å². The summed E-state index contributed by atoms with van der Waals surface area (Å²) < 4.78 is 30.0. The molecule has 0 bridgehead atoms. The van der Waals surface area contributed by atoms with E-state index in [0.717, 1.165) is 12.8 Å². The standard InChI is InChI=1S/C12H6Cl4O2S.C12H15NO2.C6HCl4NO2/c13-7-1-3-8(4-2-7)19(17,18)12-6-10(15)9(14)5-11(12)16;1-13-12(14)15-11-8-4-6-9-5-2-3-7-10(9)11;7-2-1-3(8)5(10)6(4(2)9)11(12)13/h1-6H;4,6,8H,2-3,5,7H2,1H3,(H,13,14);1H. The van der Waals surface area contributed by atoms with E-state index in [1.54, 1.807) is 7.05 Å². The van der Waals surface area contributed by atoms with Crippen LogP contribution in [0.3, 0.4) is 0 Å². The number of carbonyl (C=O) groups is 1. The van der Waals surface area contributed by atoms with Crippen molar-refractivity contribution >= 4 is 114 Å². The SMILES string of the molecule is CNC(=O)Oc1cccc2c1CCCC2.O=S(=O)(c1ccc(Cl)cc1)c1cc(Cl)c(Cl)cc1Cl.O=[N+]([O-])c1c(Cl)c(Cl)cc(Cl)c1Cl. The van der Waals surface area contributed by atoms with Gasteiger partial charge in [0, 0.05) is 12.1 Å². The van der Waals surface area contributed by atoms with E-state index in [0.29, 0.717) is 10.8 Å².